The molecule has 1 aromatic rings. The first-order valence-corrected chi connectivity index (χ1v) is 9.06. The number of carboxylic acids is 1. The highest BCUT2D eigenvalue weighted by Gasteiger charge is 2.38. The lowest BCUT2D eigenvalue weighted by Crippen LogP contribution is -2.27. The van der Waals surface area contributed by atoms with E-state index in [0.29, 0.717) is 11.8 Å². The van der Waals surface area contributed by atoms with E-state index in [1.165, 1.54) is 37.4 Å². The quantitative estimate of drug-likeness (QED) is 0.655. The van der Waals surface area contributed by atoms with Gasteiger partial charge in [0.1, 0.15) is 5.69 Å². The zero-order valence-corrected chi connectivity index (χ0v) is 15.3. The lowest BCUT2D eigenvalue weighted by molar-refractivity contribution is -0.192. The molecule has 2 rings (SSSR count). The van der Waals surface area contributed by atoms with Gasteiger partial charge in [-0.25, -0.2) is 4.79 Å². The second-order valence-electron chi connectivity index (χ2n) is 5.62. The summed E-state index contributed by atoms with van der Waals surface area (Å²) < 4.78 is 46.1. The molecule has 0 radical (unpaired) electrons. The number of aliphatic carboxylic acids is 1. The van der Waals surface area contributed by atoms with Gasteiger partial charge in [0.25, 0.3) is 0 Å². The molecule has 0 fully saturated rings. The van der Waals surface area contributed by atoms with Crippen molar-refractivity contribution in [3.8, 4) is 5.88 Å². The summed E-state index contributed by atoms with van der Waals surface area (Å²) in [4.78, 5) is 13.1. The number of nitrogens with one attached hydrogen (secondary N) is 1. The van der Waals surface area contributed by atoms with Gasteiger partial charge in [0.15, 0.2) is 0 Å². The van der Waals surface area contributed by atoms with Crippen LogP contribution >= 0.6 is 11.7 Å². The number of rotatable bonds is 8. The van der Waals surface area contributed by atoms with Gasteiger partial charge >= 0.3 is 12.1 Å². The number of ether oxygens (including phenoxy) is 1. The highest BCUT2D eigenvalue weighted by Crippen LogP contribution is 2.25. The van der Waals surface area contributed by atoms with Crippen molar-refractivity contribution in [2.75, 3.05) is 19.7 Å². The molecule has 0 aromatic carbocycles. The Kier molecular flexibility index (Phi) is 9.92. The normalized spacial score (nSPS) is 16.4. The number of hydrogen-bond acceptors (Lipinski definition) is 7. The lowest BCUT2D eigenvalue weighted by Gasteiger charge is -2.17. The molecule has 7 nitrogen and oxygen atoms in total. The molecule has 1 aliphatic heterocycles. The Morgan fingerprint density at radius 3 is 2.62 bits per heavy atom. The molecule has 1 aliphatic rings. The summed E-state index contributed by atoms with van der Waals surface area (Å²) in [6, 6.07) is 0. The average molecular weight is 396 g/mol. The second kappa shape index (κ2) is 11.7. The minimum atomic E-state index is -5.08. The molecule has 1 atom stereocenters. The predicted octanol–water partition coefficient (Wildman–Crippen LogP) is 3.24. The Labute approximate surface area is 154 Å². The molecule has 0 bridgehead atoms. The van der Waals surface area contributed by atoms with E-state index >= 15 is 0 Å². The number of carbonyl (C=O) groups is 1. The molecule has 26 heavy (non-hydrogen) atoms. The summed E-state index contributed by atoms with van der Waals surface area (Å²) in [7, 11) is 0. The highest BCUT2D eigenvalue weighted by molar-refractivity contribution is 6.99. The number of aromatic nitrogens is 2. The Hall–Kier alpha value is -1.91. The highest BCUT2D eigenvalue weighted by atomic mass is 32.1. The van der Waals surface area contributed by atoms with Crippen molar-refractivity contribution in [1.29, 1.82) is 0 Å². The number of halogens is 3. The topological polar surface area (TPSA) is 96.7 Å². The Balaban J connectivity index is 0.000000412. The van der Waals surface area contributed by atoms with Crippen LogP contribution in [-0.4, -0.2) is 52.0 Å². The van der Waals surface area contributed by atoms with Crippen LogP contribution in [-0.2, 0) is 4.79 Å². The maximum Gasteiger partial charge on any atom is 0.490 e. The van der Waals surface area contributed by atoms with Gasteiger partial charge in [-0.1, -0.05) is 32.6 Å². The molecule has 1 aromatic heterocycles. The number of unbranched alkanes of at least 4 members (excludes halogenated alkanes) is 4. The molecule has 0 aliphatic carbocycles. The number of alkyl halides is 3. The molecule has 0 amide bonds. The summed E-state index contributed by atoms with van der Waals surface area (Å²) in [5.74, 6) is -1.75. The van der Waals surface area contributed by atoms with Crippen LogP contribution in [0.25, 0.3) is 0 Å². The van der Waals surface area contributed by atoms with Crippen molar-refractivity contribution >= 4 is 24.0 Å². The van der Waals surface area contributed by atoms with E-state index in [1.807, 2.05) is 0 Å². The van der Waals surface area contributed by atoms with Gasteiger partial charge in [0.05, 0.1) is 31.2 Å². The fraction of sp³-hybridized carbons (Fsp3) is 0.733. The summed E-state index contributed by atoms with van der Waals surface area (Å²) in [5.41, 5.74) is 0.961. The third-order valence-corrected chi connectivity index (χ3v) is 4.00. The van der Waals surface area contributed by atoms with E-state index in [-0.39, 0.29) is 0 Å². The zero-order valence-electron chi connectivity index (χ0n) is 14.5. The fourth-order valence-corrected chi connectivity index (χ4v) is 2.67. The van der Waals surface area contributed by atoms with Crippen LogP contribution in [0, 0.1) is 0 Å². The lowest BCUT2D eigenvalue weighted by atomic mass is 10.1. The zero-order chi connectivity index (χ0) is 19.4. The Morgan fingerprint density at radius 1 is 1.35 bits per heavy atom. The molecule has 0 saturated heterocycles. The van der Waals surface area contributed by atoms with Crippen LogP contribution in [0.5, 0.6) is 5.88 Å². The fourth-order valence-electron chi connectivity index (χ4n) is 2.10. The van der Waals surface area contributed by atoms with Gasteiger partial charge in [0.2, 0.25) is 5.88 Å². The molecule has 0 saturated carbocycles. The first-order valence-electron chi connectivity index (χ1n) is 8.33. The van der Waals surface area contributed by atoms with E-state index in [1.54, 1.807) is 6.34 Å². The minimum Gasteiger partial charge on any atom is -0.476 e. The molecule has 11 heteroatoms. The third-order valence-electron chi connectivity index (χ3n) is 3.47. The Bertz CT molecular complexity index is 567. The van der Waals surface area contributed by atoms with Gasteiger partial charge in [-0.2, -0.15) is 17.5 Å². The van der Waals surface area contributed by atoms with Crippen molar-refractivity contribution in [1.82, 2.24) is 14.1 Å². The van der Waals surface area contributed by atoms with Crippen LogP contribution in [0.3, 0.4) is 0 Å². The molecular formula is C15H23F3N4O3S. The monoisotopic (exact) mass is 396 g/mol. The SMILES string of the molecule is CCCCCCCOc1nsnc1C1CN=CNC1.O=C(O)C(F)(F)F. The van der Waals surface area contributed by atoms with Gasteiger partial charge in [-0.15, -0.1) is 4.37 Å². The van der Waals surface area contributed by atoms with Crippen molar-refractivity contribution in [2.45, 2.75) is 51.1 Å². The van der Waals surface area contributed by atoms with Crippen LogP contribution in [0.1, 0.15) is 50.6 Å². The smallest absolute Gasteiger partial charge is 0.476 e. The first kappa shape index (κ1) is 22.1. The van der Waals surface area contributed by atoms with E-state index < -0.39 is 12.1 Å². The molecule has 2 N–H and O–H groups in total. The van der Waals surface area contributed by atoms with Crippen LogP contribution in [0.2, 0.25) is 0 Å². The number of carboxylic acid groups (broad SMARTS) is 1. The van der Waals surface area contributed by atoms with Crippen LogP contribution in [0.4, 0.5) is 13.2 Å². The van der Waals surface area contributed by atoms with E-state index in [4.69, 9.17) is 14.6 Å². The van der Waals surface area contributed by atoms with E-state index in [2.05, 4.69) is 26.0 Å². The Morgan fingerprint density at radius 2 is 2.04 bits per heavy atom. The maximum atomic E-state index is 10.6. The summed E-state index contributed by atoms with van der Waals surface area (Å²) in [5, 5.41) is 10.3. The van der Waals surface area contributed by atoms with Crippen molar-refractivity contribution in [3.05, 3.63) is 5.69 Å². The summed E-state index contributed by atoms with van der Waals surface area (Å²) in [6.45, 7) is 4.60. The van der Waals surface area contributed by atoms with E-state index in [0.717, 1.165) is 31.8 Å². The van der Waals surface area contributed by atoms with Gasteiger partial charge in [-0.3, -0.25) is 4.99 Å². The predicted molar refractivity (Wildman–Crippen MR) is 92.0 cm³/mol. The molecule has 148 valence electrons. The number of nitrogens with zero attached hydrogens (tertiary/aromatic N) is 3. The average Bonchev–Trinajstić information content (AvgIpc) is 3.07. The van der Waals surface area contributed by atoms with Gasteiger partial charge in [0, 0.05) is 12.5 Å². The standard InChI is InChI=1S/C13H22N4OS.C2HF3O2/c1-2-3-4-5-6-7-18-13-12(16-19-17-13)11-8-14-10-15-9-11;3-2(4,5)1(6)7/h10-11H,2-9H2,1H3,(H,14,15);(H,6,7). The molecular weight excluding hydrogens is 373 g/mol. The number of aliphatic imine (C=N–C) groups is 1. The molecule has 0 spiro atoms. The van der Waals surface area contributed by atoms with E-state index in [9.17, 15) is 13.2 Å². The van der Waals surface area contributed by atoms with Crippen LogP contribution < -0.4 is 10.1 Å². The minimum absolute atomic E-state index is 0.291. The summed E-state index contributed by atoms with van der Waals surface area (Å²) >= 11 is 1.23. The van der Waals surface area contributed by atoms with Crippen LogP contribution in [0.15, 0.2) is 4.99 Å². The molecule has 1 unspecified atom stereocenters. The van der Waals surface area contributed by atoms with Crippen molar-refractivity contribution in [2.24, 2.45) is 4.99 Å². The van der Waals surface area contributed by atoms with Crippen molar-refractivity contribution in [3.63, 3.8) is 0 Å². The largest absolute Gasteiger partial charge is 0.490 e. The van der Waals surface area contributed by atoms with Crippen molar-refractivity contribution < 1.29 is 27.8 Å². The summed E-state index contributed by atoms with van der Waals surface area (Å²) in [6.07, 6.45) is 2.88. The molecule has 2 heterocycles. The first-order chi connectivity index (χ1) is 12.4. The number of hydrogen-bond donors (Lipinski definition) is 2. The van der Waals surface area contributed by atoms with Gasteiger partial charge in [-0.05, 0) is 6.42 Å². The van der Waals surface area contributed by atoms with Gasteiger partial charge < -0.3 is 15.2 Å². The maximum absolute atomic E-state index is 10.6. The third kappa shape index (κ3) is 8.45. The second-order valence-corrected chi connectivity index (χ2v) is 6.15.